The molecule has 0 bridgehead atoms. The fourth-order valence-corrected chi connectivity index (χ4v) is 2.40. The van der Waals surface area contributed by atoms with Crippen molar-refractivity contribution in [2.75, 3.05) is 32.1 Å². The molecule has 0 radical (unpaired) electrons. The summed E-state index contributed by atoms with van der Waals surface area (Å²) in [5.74, 6) is 0.787. The number of likely N-dealkylation sites (N-methyl/N-ethyl adjacent to an activating group) is 2. The van der Waals surface area contributed by atoms with Gasteiger partial charge in [0, 0.05) is 25.8 Å². The second-order valence-electron chi connectivity index (χ2n) is 4.64. The first-order valence-electron chi connectivity index (χ1n) is 5.99. The second kappa shape index (κ2) is 5.15. The zero-order chi connectivity index (χ0) is 12.3. The molecule has 0 amide bonds. The summed E-state index contributed by atoms with van der Waals surface area (Å²) >= 11 is 0. The third-order valence-corrected chi connectivity index (χ3v) is 3.42. The Morgan fingerprint density at radius 2 is 2.47 bits per heavy atom. The monoisotopic (exact) mass is 230 g/mol. The average Bonchev–Trinajstić information content (AvgIpc) is 2.75. The van der Waals surface area contributed by atoms with E-state index in [1.165, 1.54) is 19.4 Å². The van der Waals surface area contributed by atoms with E-state index in [9.17, 15) is 0 Å². The van der Waals surface area contributed by atoms with Crippen LogP contribution in [0.5, 0.6) is 0 Å². The topological polar surface area (TPSA) is 43.2 Å². The molecule has 2 heterocycles. The molecular weight excluding hydrogens is 212 g/mol. The minimum absolute atomic E-state index is 0.577. The number of nitrogens with zero attached hydrogens (tertiary/aromatic N) is 4. The molecular formula is C13H18N4. The lowest BCUT2D eigenvalue weighted by Crippen LogP contribution is -2.37. The standard InChI is InChI=1S/C13H18N4/c1-16-8-4-6-12(16)10-17(2)13-11(9-14)5-3-7-15-13/h3,5,7,12H,4,6,8,10H2,1-2H3. The molecule has 0 N–H and O–H groups in total. The predicted molar refractivity (Wildman–Crippen MR) is 67.9 cm³/mol. The van der Waals surface area contributed by atoms with Crippen molar-refractivity contribution in [1.29, 1.82) is 5.26 Å². The Balaban J connectivity index is 2.09. The molecule has 0 spiro atoms. The van der Waals surface area contributed by atoms with Crippen LogP contribution in [0.2, 0.25) is 0 Å². The Kier molecular flexibility index (Phi) is 3.60. The molecule has 1 aromatic rings. The maximum atomic E-state index is 9.05. The van der Waals surface area contributed by atoms with E-state index in [0.29, 0.717) is 11.6 Å². The lowest BCUT2D eigenvalue weighted by molar-refractivity contribution is 0.314. The van der Waals surface area contributed by atoms with Crippen molar-refractivity contribution in [3.05, 3.63) is 23.9 Å². The predicted octanol–water partition coefficient (Wildman–Crippen LogP) is 1.48. The van der Waals surface area contributed by atoms with Crippen molar-refractivity contribution in [2.45, 2.75) is 18.9 Å². The summed E-state index contributed by atoms with van der Waals surface area (Å²) in [4.78, 5) is 8.77. The van der Waals surface area contributed by atoms with E-state index >= 15 is 0 Å². The van der Waals surface area contributed by atoms with E-state index in [0.717, 1.165) is 12.4 Å². The molecule has 17 heavy (non-hydrogen) atoms. The number of hydrogen-bond acceptors (Lipinski definition) is 4. The van der Waals surface area contributed by atoms with Crippen LogP contribution in [0.1, 0.15) is 18.4 Å². The molecule has 1 unspecified atom stereocenters. The van der Waals surface area contributed by atoms with Gasteiger partial charge in [-0.05, 0) is 38.6 Å². The van der Waals surface area contributed by atoms with E-state index in [-0.39, 0.29) is 0 Å². The summed E-state index contributed by atoms with van der Waals surface area (Å²) in [5, 5.41) is 9.05. The Bertz CT molecular complexity index is 424. The van der Waals surface area contributed by atoms with E-state index in [1.807, 2.05) is 13.1 Å². The Morgan fingerprint density at radius 3 is 3.12 bits per heavy atom. The first kappa shape index (κ1) is 11.9. The zero-order valence-electron chi connectivity index (χ0n) is 10.4. The largest absolute Gasteiger partial charge is 0.357 e. The van der Waals surface area contributed by atoms with Crippen LogP contribution in [0.15, 0.2) is 18.3 Å². The lowest BCUT2D eigenvalue weighted by atomic mass is 10.2. The molecule has 4 nitrogen and oxygen atoms in total. The van der Waals surface area contributed by atoms with Gasteiger partial charge >= 0.3 is 0 Å². The van der Waals surface area contributed by atoms with Crippen LogP contribution in [-0.2, 0) is 0 Å². The lowest BCUT2D eigenvalue weighted by Gasteiger charge is -2.26. The molecule has 1 aromatic heterocycles. The van der Waals surface area contributed by atoms with Gasteiger partial charge in [0.1, 0.15) is 11.9 Å². The van der Waals surface area contributed by atoms with E-state index in [4.69, 9.17) is 5.26 Å². The summed E-state index contributed by atoms with van der Waals surface area (Å²) in [6, 6.07) is 6.39. The number of likely N-dealkylation sites (tertiary alicyclic amines) is 1. The molecule has 1 aliphatic rings. The Morgan fingerprint density at radius 1 is 1.65 bits per heavy atom. The van der Waals surface area contributed by atoms with Gasteiger partial charge in [-0.2, -0.15) is 5.26 Å². The number of rotatable bonds is 3. The average molecular weight is 230 g/mol. The molecule has 90 valence electrons. The molecule has 1 aliphatic heterocycles. The number of aromatic nitrogens is 1. The van der Waals surface area contributed by atoms with Crippen molar-refractivity contribution >= 4 is 5.82 Å². The highest BCUT2D eigenvalue weighted by Gasteiger charge is 2.23. The summed E-state index contributed by atoms with van der Waals surface area (Å²) in [6.07, 6.45) is 4.24. The van der Waals surface area contributed by atoms with Crippen molar-refractivity contribution in [2.24, 2.45) is 0 Å². The highest BCUT2D eigenvalue weighted by atomic mass is 15.2. The van der Waals surface area contributed by atoms with Gasteiger partial charge in [0.25, 0.3) is 0 Å². The van der Waals surface area contributed by atoms with Gasteiger partial charge in [-0.3, -0.25) is 0 Å². The van der Waals surface area contributed by atoms with Crippen molar-refractivity contribution < 1.29 is 0 Å². The van der Waals surface area contributed by atoms with Gasteiger partial charge in [-0.15, -0.1) is 0 Å². The molecule has 1 fully saturated rings. The fraction of sp³-hybridized carbons (Fsp3) is 0.538. The van der Waals surface area contributed by atoms with Crippen LogP contribution >= 0.6 is 0 Å². The van der Waals surface area contributed by atoms with Crippen LogP contribution < -0.4 is 4.90 Å². The van der Waals surface area contributed by atoms with E-state index < -0.39 is 0 Å². The van der Waals surface area contributed by atoms with Gasteiger partial charge in [-0.1, -0.05) is 0 Å². The molecule has 1 atom stereocenters. The van der Waals surface area contributed by atoms with Crippen LogP contribution in [0, 0.1) is 11.3 Å². The SMILES string of the molecule is CN(CC1CCCN1C)c1ncccc1C#N. The minimum Gasteiger partial charge on any atom is -0.357 e. The van der Waals surface area contributed by atoms with Crippen molar-refractivity contribution in [3.8, 4) is 6.07 Å². The maximum Gasteiger partial charge on any atom is 0.146 e. The van der Waals surface area contributed by atoms with Crippen LogP contribution in [0.3, 0.4) is 0 Å². The second-order valence-corrected chi connectivity index (χ2v) is 4.64. The number of hydrogen-bond donors (Lipinski definition) is 0. The molecule has 1 saturated heterocycles. The molecule has 0 saturated carbocycles. The number of pyridine rings is 1. The van der Waals surface area contributed by atoms with Crippen LogP contribution in [0.4, 0.5) is 5.82 Å². The quantitative estimate of drug-likeness (QED) is 0.789. The Labute approximate surface area is 102 Å². The number of nitriles is 1. The highest BCUT2D eigenvalue weighted by Crippen LogP contribution is 2.20. The third-order valence-electron chi connectivity index (χ3n) is 3.42. The van der Waals surface area contributed by atoms with Crippen molar-refractivity contribution in [1.82, 2.24) is 9.88 Å². The minimum atomic E-state index is 0.577. The molecule has 4 heteroatoms. The van der Waals surface area contributed by atoms with Crippen LogP contribution in [0.25, 0.3) is 0 Å². The maximum absolute atomic E-state index is 9.05. The first-order chi connectivity index (χ1) is 8.22. The first-order valence-corrected chi connectivity index (χ1v) is 5.99. The van der Waals surface area contributed by atoms with Crippen LogP contribution in [-0.4, -0.2) is 43.1 Å². The smallest absolute Gasteiger partial charge is 0.146 e. The highest BCUT2D eigenvalue weighted by molar-refractivity contribution is 5.52. The van der Waals surface area contributed by atoms with Gasteiger partial charge < -0.3 is 9.80 Å². The van der Waals surface area contributed by atoms with E-state index in [1.54, 1.807) is 12.3 Å². The fourth-order valence-electron chi connectivity index (χ4n) is 2.40. The molecule has 2 rings (SSSR count). The van der Waals surface area contributed by atoms with Gasteiger partial charge in [0.2, 0.25) is 0 Å². The summed E-state index contributed by atoms with van der Waals surface area (Å²) < 4.78 is 0. The van der Waals surface area contributed by atoms with Gasteiger partial charge in [-0.25, -0.2) is 4.98 Å². The zero-order valence-corrected chi connectivity index (χ0v) is 10.4. The van der Waals surface area contributed by atoms with E-state index in [2.05, 4.69) is 27.9 Å². The Hall–Kier alpha value is -1.60. The number of anilines is 1. The summed E-state index contributed by atoms with van der Waals surface area (Å²) in [5.41, 5.74) is 0.649. The summed E-state index contributed by atoms with van der Waals surface area (Å²) in [7, 11) is 4.17. The van der Waals surface area contributed by atoms with Gasteiger partial charge in [0.05, 0.1) is 5.56 Å². The normalized spacial score (nSPS) is 20.2. The molecule has 0 aliphatic carbocycles. The third kappa shape index (κ3) is 2.56. The van der Waals surface area contributed by atoms with Crippen molar-refractivity contribution in [3.63, 3.8) is 0 Å². The summed E-state index contributed by atoms with van der Waals surface area (Å²) in [6.45, 7) is 2.11. The molecule has 0 aromatic carbocycles. The van der Waals surface area contributed by atoms with Gasteiger partial charge in [0.15, 0.2) is 0 Å².